The van der Waals surface area contributed by atoms with Crippen molar-refractivity contribution in [2.45, 2.75) is 102 Å². The summed E-state index contributed by atoms with van der Waals surface area (Å²) in [6.07, 6.45) is 14.0. The van der Waals surface area contributed by atoms with Crippen LogP contribution < -0.4 is 10.7 Å². The average molecular weight is 464 g/mol. The smallest absolute Gasteiger partial charge is 0.255 e. The van der Waals surface area contributed by atoms with Gasteiger partial charge in [-0.3, -0.25) is 4.79 Å². The molecule has 0 aliphatic carbocycles. The van der Waals surface area contributed by atoms with Crippen LogP contribution in [0.4, 0.5) is 5.69 Å². The van der Waals surface area contributed by atoms with Gasteiger partial charge in [-0.25, -0.2) is 8.42 Å². The van der Waals surface area contributed by atoms with Gasteiger partial charge in [0.05, 0.1) is 22.8 Å². The molecule has 0 saturated heterocycles. The van der Waals surface area contributed by atoms with Gasteiger partial charge in [0.1, 0.15) is 5.84 Å². The number of carbonyl (C=O) groups excluding carboxylic acids is 1. The van der Waals surface area contributed by atoms with Crippen LogP contribution in [0.3, 0.4) is 0 Å². The summed E-state index contributed by atoms with van der Waals surface area (Å²) in [5.74, 6) is 0.463. The topological polar surface area (TPSA) is 92.8 Å². The predicted molar refractivity (Wildman–Crippen MR) is 132 cm³/mol. The van der Waals surface area contributed by atoms with Crippen LogP contribution >= 0.6 is 0 Å². The highest BCUT2D eigenvalue weighted by Crippen LogP contribution is 2.26. The van der Waals surface area contributed by atoms with Gasteiger partial charge in [0, 0.05) is 0 Å². The molecular weight excluding hydrogens is 422 g/mol. The molecule has 0 radical (unpaired) electrons. The molecule has 32 heavy (non-hydrogen) atoms. The Morgan fingerprint density at radius 2 is 1.44 bits per heavy atom. The van der Waals surface area contributed by atoms with E-state index in [4.69, 9.17) is 5.73 Å². The Bertz CT molecular complexity index is 834. The molecule has 0 fully saturated rings. The van der Waals surface area contributed by atoms with E-state index in [1.165, 1.54) is 56.4 Å². The van der Waals surface area contributed by atoms with Gasteiger partial charge in [0.15, 0.2) is 9.84 Å². The van der Waals surface area contributed by atoms with E-state index >= 15 is 0 Å². The molecule has 0 spiro atoms. The van der Waals surface area contributed by atoms with Crippen LogP contribution in [0.2, 0.25) is 0 Å². The van der Waals surface area contributed by atoms with Gasteiger partial charge >= 0.3 is 0 Å². The quantitative estimate of drug-likeness (QED) is 0.313. The molecule has 1 aliphatic heterocycles. The number of amidine groups is 1. The summed E-state index contributed by atoms with van der Waals surface area (Å²) < 4.78 is 26.3. The zero-order valence-electron chi connectivity index (χ0n) is 19.9. The fourth-order valence-electron chi connectivity index (χ4n) is 4.24. The zero-order valence-corrected chi connectivity index (χ0v) is 20.7. The van der Waals surface area contributed by atoms with E-state index in [2.05, 4.69) is 18.9 Å². The fourth-order valence-corrected chi connectivity index (χ4v) is 5.93. The van der Waals surface area contributed by atoms with Gasteiger partial charge in [-0.2, -0.15) is 10.1 Å². The van der Waals surface area contributed by atoms with Crippen molar-refractivity contribution in [1.29, 1.82) is 0 Å². The fraction of sp³-hybridized carbons (Fsp3) is 0.680. The van der Waals surface area contributed by atoms with Gasteiger partial charge in [-0.15, -0.1) is 0 Å². The first-order valence-electron chi connectivity index (χ1n) is 12.4. The van der Waals surface area contributed by atoms with Crippen molar-refractivity contribution >= 4 is 27.3 Å². The SMILES string of the molecule is CCCCCCCCC(CCCCCC)CS(=O)(=O)c1ccc(N2N=C(N)CC2=O)cc1. The number of hydrogen-bond acceptors (Lipinski definition) is 5. The molecule has 0 aromatic heterocycles. The van der Waals surface area contributed by atoms with Crippen molar-refractivity contribution in [3.8, 4) is 0 Å². The lowest BCUT2D eigenvalue weighted by atomic mass is 9.96. The van der Waals surface area contributed by atoms with Crippen LogP contribution in [-0.2, 0) is 14.6 Å². The van der Waals surface area contributed by atoms with E-state index in [-0.39, 0.29) is 29.8 Å². The Morgan fingerprint density at radius 1 is 0.906 bits per heavy atom. The Hall–Kier alpha value is -1.89. The molecule has 1 atom stereocenters. The van der Waals surface area contributed by atoms with E-state index in [9.17, 15) is 13.2 Å². The van der Waals surface area contributed by atoms with E-state index < -0.39 is 9.84 Å². The second-order valence-electron chi connectivity index (χ2n) is 9.02. The third-order valence-electron chi connectivity index (χ3n) is 6.12. The number of rotatable bonds is 16. The van der Waals surface area contributed by atoms with Gasteiger partial charge in [-0.05, 0) is 43.0 Å². The molecule has 6 nitrogen and oxygen atoms in total. The molecular formula is C25H41N3O3S. The minimum atomic E-state index is -3.38. The number of amides is 1. The highest BCUT2D eigenvalue weighted by atomic mass is 32.2. The third-order valence-corrected chi connectivity index (χ3v) is 8.03. The van der Waals surface area contributed by atoms with E-state index in [0.29, 0.717) is 10.6 Å². The van der Waals surface area contributed by atoms with E-state index in [1.54, 1.807) is 24.3 Å². The number of unbranched alkanes of at least 4 members (excludes halogenated alkanes) is 8. The number of benzene rings is 1. The molecule has 1 aromatic carbocycles. The molecule has 0 saturated carbocycles. The second kappa shape index (κ2) is 13.6. The minimum Gasteiger partial charge on any atom is -0.385 e. The van der Waals surface area contributed by atoms with Crippen LogP contribution in [0.15, 0.2) is 34.3 Å². The van der Waals surface area contributed by atoms with Gasteiger partial charge in [0.2, 0.25) is 0 Å². The maximum absolute atomic E-state index is 13.1. The minimum absolute atomic E-state index is 0.0954. The third kappa shape index (κ3) is 8.57. The van der Waals surface area contributed by atoms with Gasteiger partial charge in [-0.1, -0.05) is 78.1 Å². The molecule has 7 heteroatoms. The van der Waals surface area contributed by atoms with Crippen LogP contribution in [-0.4, -0.2) is 25.9 Å². The lowest BCUT2D eigenvalue weighted by molar-refractivity contribution is -0.116. The average Bonchev–Trinajstić information content (AvgIpc) is 3.11. The maximum Gasteiger partial charge on any atom is 0.255 e. The highest BCUT2D eigenvalue weighted by molar-refractivity contribution is 7.91. The van der Waals surface area contributed by atoms with Crippen molar-refractivity contribution in [2.24, 2.45) is 16.8 Å². The van der Waals surface area contributed by atoms with Crippen molar-refractivity contribution in [3.63, 3.8) is 0 Å². The highest BCUT2D eigenvalue weighted by Gasteiger charge is 2.25. The first kappa shape index (κ1) is 26.4. The molecule has 1 heterocycles. The Kier molecular flexibility index (Phi) is 11.2. The summed E-state index contributed by atoms with van der Waals surface area (Å²) in [7, 11) is -3.38. The molecule has 180 valence electrons. The number of nitrogens with zero attached hydrogens (tertiary/aromatic N) is 2. The Morgan fingerprint density at radius 3 is 1.97 bits per heavy atom. The largest absolute Gasteiger partial charge is 0.385 e. The normalized spacial score (nSPS) is 15.2. The molecule has 1 amide bonds. The summed E-state index contributed by atoms with van der Waals surface area (Å²) in [6.45, 7) is 4.41. The number of nitrogens with two attached hydrogens (primary N) is 1. The first-order chi connectivity index (χ1) is 15.4. The number of hydrogen-bond donors (Lipinski definition) is 1. The summed E-state index contributed by atoms with van der Waals surface area (Å²) >= 11 is 0. The van der Waals surface area contributed by atoms with Crippen molar-refractivity contribution in [3.05, 3.63) is 24.3 Å². The van der Waals surface area contributed by atoms with Crippen molar-refractivity contribution < 1.29 is 13.2 Å². The Balaban J connectivity index is 1.98. The van der Waals surface area contributed by atoms with E-state index in [1.807, 2.05) is 0 Å². The number of anilines is 1. The van der Waals surface area contributed by atoms with Crippen LogP contribution in [0.1, 0.15) is 97.3 Å². The Labute approximate surface area is 194 Å². The second-order valence-corrected chi connectivity index (χ2v) is 11.1. The van der Waals surface area contributed by atoms with Gasteiger partial charge < -0.3 is 5.73 Å². The van der Waals surface area contributed by atoms with Crippen LogP contribution in [0, 0.1) is 5.92 Å². The predicted octanol–water partition coefficient (Wildman–Crippen LogP) is 5.81. The van der Waals surface area contributed by atoms with Crippen LogP contribution in [0.5, 0.6) is 0 Å². The number of carbonyl (C=O) groups is 1. The molecule has 2 N–H and O–H groups in total. The molecule has 1 unspecified atom stereocenters. The lowest BCUT2D eigenvalue weighted by Crippen LogP contribution is -2.20. The first-order valence-corrected chi connectivity index (χ1v) is 14.0. The summed E-state index contributed by atoms with van der Waals surface area (Å²) in [6, 6.07) is 6.44. The monoisotopic (exact) mass is 463 g/mol. The summed E-state index contributed by atoms with van der Waals surface area (Å²) in [4.78, 5) is 12.3. The lowest BCUT2D eigenvalue weighted by Gasteiger charge is -2.18. The summed E-state index contributed by atoms with van der Waals surface area (Å²) in [5.41, 5.74) is 6.17. The van der Waals surface area contributed by atoms with Crippen molar-refractivity contribution in [1.82, 2.24) is 0 Å². The number of hydrazone groups is 1. The van der Waals surface area contributed by atoms with Crippen LogP contribution in [0.25, 0.3) is 0 Å². The number of sulfone groups is 1. The maximum atomic E-state index is 13.1. The molecule has 2 rings (SSSR count). The van der Waals surface area contributed by atoms with E-state index in [0.717, 1.165) is 25.7 Å². The van der Waals surface area contributed by atoms with Crippen molar-refractivity contribution in [2.75, 3.05) is 10.8 Å². The molecule has 1 aliphatic rings. The zero-order chi connectivity index (χ0) is 23.4. The standard InChI is InChI=1S/C25H41N3O3S/c1-3-5-7-9-10-12-14-21(13-11-8-6-4-2)20-32(30,31)23-17-15-22(16-18-23)28-25(29)19-24(26)27-28/h15-18,21H,3-14,19-20H2,1-2H3,(H2,26,27). The molecule has 0 bridgehead atoms. The molecule has 1 aromatic rings. The summed E-state index contributed by atoms with van der Waals surface area (Å²) in [5, 5.41) is 5.25. The van der Waals surface area contributed by atoms with Gasteiger partial charge in [0.25, 0.3) is 5.91 Å².